The molecular weight excluding hydrogens is 238 g/mol. The van der Waals surface area contributed by atoms with Crippen LogP contribution in [0, 0.1) is 11.8 Å². The lowest BCUT2D eigenvalue weighted by Gasteiger charge is -2.30. The number of hydrogen-bond donors (Lipinski definition) is 1. The van der Waals surface area contributed by atoms with Crippen LogP contribution in [-0.2, 0) is 4.79 Å². The van der Waals surface area contributed by atoms with Gasteiger partial charge in [0.05, 0.1) is 0 Å². The van der Waals surface area contributed by atoms with Crippen molar-refractivity contribution in [2.75, 3.05) is 26.7 Å². The minimum absolute atomic E-state index is 0.101. The first-order valence-corrected chi connectivity index (χ1v) is 6.83. The van der Waals surface area contributed by atoms with Gasteiger partial charge in [0.25, 0.3) is 0 Å². The number of carbonyl (C=O) groups is 1. The van der Waals surface area contributed by atoms with Crippen molar-refractivity contribution < 1.29 is 13.6 Å². The van der Waals surface area contributed by atoms with E-state index >= 15 is 0 Å². The van der Waals surface area contributed by atoms with Crippen LogP contribution in [0.1, 0.15) is 32.1 Å². The number of halogens is 2. The topological polar surface area (TPSA) is 32.3 Å². The molecular formula is C13H22F2N2O. The van der Waals surface area contributed by atoms with E-state index in [9.17, 15) is 13.6 Å². The summed E-state index contributed by atoms with van der Waals surface area (Å²) in [5.74, 6) is -2.10. The Hall–Kier alpha value is -0.710. The smallest absolute Gasteiger partial charge is 0.248 e. The summed E-state index contributed by atoms with van der Waals surface area (Å²) in [5, 5.41) is 3.12. The summed E-state index contributed by atoms with van der Waals surface area (Å²) in [4.78, 5) is 14.1. The van der Waals surface area contributed by atoms with E-state index < -0.39 is 5.92 Å². The van der Waals surface area contributed by atoms with E-state index in [1.807, 2.05) is 11.9 Å². The number of nitrogens with zero attached hydrogens (tertiary/aromatic N) is 1. The third kappa shape index (κ3) is 3.19. The van der Waals surface area contributed by atoms with Crippen LogP contribution in [0.15, 0.2) is 0 Å². The van der Waals surface area contributed by atoms with E-state index in [-0.39, 0.29) is 24.7 Å². The van der Waals surface area contributed by atoms with E-state index in [0.29, 0.717) is 18.8 Å². The first-order chi connectivity index (χ1) is 8.52. The fraction of sp³-hybridized carbons (Fsp3) is 0.923. The Balaban J connectivity index is 1.82. The van der Waals surface area contributed by atoms with Gasteiger partial charge in [0, 0.05) is 31.8 Å². The molecule has 2 aliphatic rings. The molecule has 1 amide bonds. The van der Waals surface area contributed by atoms with E-state index in [1.165, 1.54) is 0 Å². The zero-order valence-corrected chi connectivity index (χ0v) is 10.9. The average Bonchev–Trinajstić information content (AvgIpc) is 2.77. The van der Waals surface area contributed by atoms with Gasteiger partial charge in [0.1, 0.15) is 0 Å². The van der Waals surface area contributed by atoms with Crippen molar-refractivity contribution in [1.82, 2.24) is 10.2 Å². The van der Waals surface area contributed by atoms with Crippen molar-refractivity contribution in [3.63, 3.8) is 0 Å². The molecule has 0 aromatic carbocycles. The number of carbonyl (C=O) groups excluding carboxylic acids is 1. The van der Waals surface area contributed by atoms with Gasteiger partial charge in [-0.05, 0) is 38.8 Å². The van der Waals surface area contributed by atoms with Gasteiger partial charge in [-0.25, -0.2) is 8.78 Å². The van der Waals surface area contributed by atoms with Crippen LogP contribution < -0.4 is 5.32 Å². The monoisotopic (exact) mass is 260 g/mol. The first kappa shape index (κ1) is 13.7. The second-order valence-electron chi connectivity index (χ2n) is 5.63. The fourth-order valence-electron chi connectivity index (χ4n) is 3.03. The van der Waals surface area contributed by atoms with Crippen molar-refractivity contribution >= 4 is 5.91 Å². The summed E-state index contributed by atoms with van der Waals surface area (Å²) in [7, 11) is 1.91. The van der Waals surface area contributed by atoms with Gasteiger partial charge in [-0.2, -0.15) is 0 Å². The number of rotatable bonds is 3. The number of nitrogens with one attached hydrogen (secondary N) is 1. The van der Waals surface area contributed by atoms with Gasteiger partial charge >= 0.3 is 0 Å². The largest absolute Gasteiger partial charge is 0.342 e. The highest BCUT2D eigenvalue weighted by molar-refractivity contribution is 5.79. The summed E-state index contributed by atoms with van der Waals surface area (Å²) >= 11 is 0. The Morgan fingerprint density at radius 1 is 1.33 bits per heavy atom. The number of likely N-dealkylation sites (tertiary alicyclic amines) is 1. The highest BCUT2D eigenvalue weighted by Crippen LogP contribution is 2.37. The fourth-order valence-corrected chi connectivity index (χ4v) is 3.03. The van der Waals surface area contributed by atoms with E-state index in [1.54, 1.807) is 0 Å². The normalized spacial score (nSPS) is 28.6. The molecule has 5 heteroatoms. The molecule has 18 heavy (non-hydrogen) atoms. The van der Waals surface area contributed by atoms with Gasteiger partial charge in [-0.3, -0.25) is 4.79 Å². The van der Waals surface area contributed by atoms with E-state index in [0.717, 1.165) is 26.1 Å². The Labute approximate surface area is 107 Å². The molecule has 0 aromatic heterocycles. The van der Waals surface area contributed by atoms with Crippen molar-refractivity contribution in [2.45, 2.75) is 38.0 Å². The molecule has 0 bridgehead atoms. The molecule has 3 nitrogen and oxygen atoms in total. The van der Waals surface area contributed by atoms with E-state index in [4.69, 9.17) is 0 Å². The predicted octanol–water partition coefficient (Wildman–Crippen LogP) is 1.88. The summed E-state index contributed by atoms with van der Waals surface area (Å²) in [6.45, 7) is 2.50. The molecule has 1 saturated carbocycles. The van der Waals surface area contributed by atoms with Crippen LogP contribution in [0.4, 0.5) is 8.78 Å². The third-order valence-corrected chi connectivity index (χ3v) is 4.16. The van der Waals surface area contributed by atoms with Crippen LogP contribution in [0.25, 0.3) is 0 Å². The molecule has 2 fully saturated rings. The molecule has 1 atom stereocenters. The van der Waals surface area contributed by atoms with Gasteiger partial charge < -0.3 is 10.2 Å². The minimum Gasteiger partial charge on any atom is -0.342 e. The second-order valence-corrected chi connectivity index (χ2v) is 5.63. The average molecular weight is 260 g/mol. The predicted molar refractivity (Wildman–Crippen MR) is 65.5 cm³/mol. The molecule has 2 rings (SSSR count). The van der Waals surface area contributed by atoms with Crippen molar-refractivity contribution in [2.24, 2.45) is 11.8 Å². The number of alkyl halides is 2. The van der Waals surface area contributed by atoms with E-state index in [2.05, 4.69) is 5.32 Å². The standard InChI is InChI=1S/C13H22F2N2O/c1-16-8-10-4-7-17(9-10)12(18)11-2-5-13(14,15)6-3-11/h10-11,16H,2-9H2,1H3. The Morgan fingerprint density at radius 2 is 2.00 bits per heavy atom. The van der Waals surface area contributed by atoms with Crippen LogP contribution in [0.5, 0.6) is 0 Å². The lowest BCUT2D eigenvalue weighted by molar-refractivity contribution is -0.138. The summed E-state index contributed by atoms with van der Waals surface area (Å²) < 4.78 is 26.1. The molecule has 1 unspecified atom stereocenters. The number of hydrogen-bond acceptors (Lipinski definition) is 2. The molecule has 1 saturated heterocycles. The minimum atomic E-state index is -2.55. The highest BCUT2D eigenvalue weighted by Gasteiger charge is 2.39. The van der Waals surface area contributed by atoms with Crippen LogP contribution in [0.3, 0.4) is 0 Å². The van der Waals surface area contributed by atoms with Crippen LogP contribution in [-0.4, -0.2) is 43.4 Å². The molecule has 0 radical (unpaired) electrons. The molecule has 1 N–H and O–H groups in total. The summed E-state index contributed by atoms with van der Waals surface area (Å²) in [6.07, 6.45) is 1.46. The van der Waals surface area contributed by atoms with Crippen molar-refractivity contribution in [3.8, 4) is 0 Å². The van der Waals surface area contributed by atoms with Gasteiger partial charge in [-0.1, -0.05) is 0 Å². The maximum atomic E-state index is 13.0. The Bertz CT molecular complexity index is 299. The van der Waals surface area contributed by atoms with Crippen LogP contribution >= 0.6 is 0 Å². The quantitative estimate of drug-likeness (QED) is 0.840. The molecule has 0 spiro atoms. The zero-order chi connectivity index (χ0) is 13.2. The van der Waals surface area contributed by atoms with Crippen LogP contribution in [0.2, 0.25) is 0 Å². The van der Waals surface area contributed by atoms with Crippen molar-refractivity contribution in [3.05, 3.63) is 0 Å². The Morgan fingerprint density at radius 3 is 2.61 bits per heavy atom. The highest BCUT2D eigenvalue weighted by atomic mass is 19.3. The van der Waals surface area contributed by atoms with Gasteiger partial charge in [0.15, 0.2) is 0 Å². The molecule has 0 aromatic rings. The SMILES string of the molecule is CNCC1CCN(C(=O)C2CCC(F)(F)CC2)C1. The maximum absolute atomic E-state index is 13.0. The second kappa shape index (κ2) is 5.51. The lowest BCUT2D eigenvalue weighted by atomic mass is 9.86. The molecule has 1 heterocycles. The maximum Gasteiger partial charge on any atom is 0.248 e. The zero-order valence-electron chi connectivity index (χ0n) is 10.9. The van der Waals surface area contributed by atoms with Gasteiger partial charge in [0.2, 0.25) is 11.8 Å². The molecule has 1 aliphatic heterocycles. The Kier molecular flexibility index (Phi) is 4.20. The molecule has 104 valence electrons. The summed E-state index contributed by atoms with van der Waals surface area (Å²) in [6, 6.07) is 0. The van der Waals surface area contributed by atoms with Crippen molar-refractivity contribution in [1.29, 1.82) is 0 Å². The third-order valence-electron chi connectivity index (χ3n) is 4.16. The first-order valence-electron chi connectivity index (χ1n) is 6.83. The van der Waals surface area contributed by atoms with Gasteiger partial charge in [-0.15, -0.1) is 0 Å². The number of amides is 1. The lowest BCUT2D eigenvalue weighted by Crippen LogP contribution is -2.38. The molecule has 1 aliphatic carbocycles. The summed E-state index contributed by atoms with van der Waals surface area (Å²) in [5.41, 5.74) is 0.